The van der Waals surface area contributed by atoms with Gasteiger partial charge >= 0.3 is 6.18 Å². The van der Waals surface area contributed by atoms with Crippen molar-refractivity contribution in [2.45, 2.75) is 52.1 Å². The molecule has 0 bridgehead atoms. The third kappa shape index (κ3) is 2.16. The molecule has 4 rings (SSSR count). The Kier molecular flexibility index (Phi) is 3.65. The lowest BCUT2D eigenvalue weighted by Crippen LogP contribution is -2.60. The second-order valence-corrected chi connectivity index (χ2v) is 9.13. The summed E-state index contributed by atoms with van der Waals surface area (Å²) >= 11 is 0. The summed E-state index contributed by atoms with van der Waals surface area (Å²) in [5.74, 6) is -3.42. The van der Waals surface area contributed by atoms with Gasteiger partial charge in [-0.1, -0.05) is 19.9 Å². The SMILES string of the molecule is C[C@]12C=CC(=O)C(=N)C1[C@H](C(F)(F)F)C[C@@H]1[C@@H]2CC[C@]2(C)C(=O)CC[C@@H]12. The van der Waals surface area contributed by atoms with E-state index in [1.54, 1.807) is 13.0 Å². The molecule has 0 amide bonds. The Labute approximate surface area is 150 Å². The van der Waals surface area contributed by atoms with Crippen LogP contribution in [-0.2, 0) is 9.59 Å². The van der Waals surface area contributed by atoms with Crippen molar-refractivity contribution in [2.75, 3.05) is 0 Å². The van der Waals surface area contributed by atoms with Crippen LogP contribution in [0.25, 0.3) is 0 Å². The van der Waals surface area contributed by atoms with Gasteiger partial charge in [-0.05, 0) is 54.9 Å². The fourth-order valence-corrected chi connectivity index (χ4v) is 6.81. The lowest BCUT2D eigenvalue weighted by molar-refractivity contribution is -0.221. The highest BCUT2D eigenvalue weighted by molar-refractivity contribution is 6.44. The van der Waals surface area contributed by atoms with Crippen molar-refractivity contribution in [1.82, 2.24) is 0 Å². The third-order valence-electron chi connectivity index (χ3n) is 8.13. The fraction of sp³-hybridized carbons (Fsp3) is 0.750. The fourth-order valence-electron chi connectivity index (χ4n) is 6.81. The van der Waals surface area contributed by atoms with Crippen molar-refractivity contribution < 1.29 is 22.8 Å². The Hall–Kier alpha value is -1.46. The van der Waals surface area contributed by atoms with Crippen LogP contribution in [0.3, 0.4) is 0 Å². The minimum atomic E-state index is -4.45. The molecule has 3 saturated carbocycles. The molecular formula is C20H24F3NO2. The highest BCUT2D eigenvalue weighted by Gasteiger charge is 2.66. The number of carbonyl (C=O) groups excluding carboxylic acids is 2. The zero-order chi connectivity index (χ0) is 19.1. The van der Waals surface area contributed by atoms with E-state index in [0.717, 1.165) is 0 Å². The molecule has 6 heteroatoms. The van der Waals surface area contributed by atoms with Crippen molar-refractivity contribution in [3.05, 3.63) is 12.2 Å². The molecule has 0 aromatic carbocycles. The van der Waals surface area contributed by atoms with Gasteiger partial charge in [-0.15, -0.1) is 0 Å². The van der Waals surface area contributed by atoms with Gasteiger partial charge in [0, 0.05) is 17.8 Å². The summed E-state index contributed by atoms with van der Waals surface area (Å²) in [5, 5.41) is 8.12. The van der Waals surface area contributed by atoms with Crippen molar-refractivity contribution in [1.29, 1.82) is 5.41 Å². The van der Waals surface area contributed by atoms with Crippen LogP contribution in [0.1, 0.15) is 46.0 Å². The second kappa shape index (κ2) is 5.29. The van der Waals surface area contributed by atoms with Gasteiger partial charge in [0.2, 0.25) is 0 Å². The maximum Gasteiger partial charge on any atom is 0.392 e. The molecule has 0 spiro atoms. The summed E-state index contributed by atoms with van der Waals surface area (Å²) in [5.41, 5.74) is -1.74. The Morgan fingerprint density at radius 1 is 1.15 bits per heavy atom. The molecule has 1 N–H and O–H groups in total. The average molecular weight is 367 g/mol. The number of nitrogens with one attached hydrogen (secondary N) is 1. The number of rotatable bonds is 0. The Bertz CT molecular complexity index is 727. The molecule has 142 valence electrons. The first kappa shape index (κ1) is 17.9. The van der Waals surface area contributed by atoms with Gasteiger partial charge in [0.1, 0.15) is 5.78 Å². The predicted molar refractivity (Wildman–Crippen MR) is 89.7 cm³/mol. The number of hydrogen-bond donors (Lipinski definition) is 1. The Balaban J connectivity index is 1.83. The van der Waals surface area contributed by atoms with E-state index < -0.39 is 40.3 Å². The summed E-state index contributed by atoms with van der Waals surface area (Å²) in [6, 6.07) is 0. The number of Topliss-reactive ketones (excluding diaryl/α,β-unsaturated/α-hetero) is 1. The van der Waals surface area contributed by atoms with Crippen LogP contribution in [0.15, 0.2) is 12.2 Å². The van der Waals surface area contributed by atoms with E-state index in [9.17, 15) is 22.8 Å². The Morgan fingerprint density at radius 2 is 1.85 bits per heavy atom. The van der Waals surface area contributed by atoms with Crippen LogP contribution < -0.4 is 0 Å². The van der Waals surface area contributed by atoms with E-state index in [-0.39, 0.29) is 30.0 Å². The average Bonchev–Trinajstić information content (AvgIpc) is 2.85. The number of allylic oxidation sites excluding steroid dienone is 2. The largest absolute Gasteiger partial charge is 0.392 e. The van der Waals surface area contributed by atoms with Crippen molar-refractivity contribution in [3.63, 3.8) is 0 Å². The van der Waals surface area contributed by atoms with Crippen molar-refractivity contribution in [2.24, 2.45) is 40.4 Å². The molecular weight excluding hydrogens is 343 g/mol. The smallest absolute Gasteiger partial charge is 0.301 e. The van der Waals surface area contributed by atoms with Crippen LogP contribution in [0.4, 0.5) is 13.2 Å². The van der Waals surface area contributed by atoms with Crippen LogP contribution >= 0.6 is 0 Å². The zero-order valence-corrected chi connectivity index (χ0v) is 15.0. The quantitative estimate of drug-likeness (QED) is 0.691. The summed E-state index contributed by atoms with van der Waals surface area (Å²) in [6.07, 6.45) is 0.942. The van der Waals surface area contributed by atoms with E-state index in [1.807, 2.05) is 6.92 Å². The lowest BCUT2D eigenvalue weighted by atomic mass is 9.44. The number of ketones is 2. The summed E-state index contributed by atoms with van der Waals surface area (Å²) < 4.78 is 41.9. The molecule has 1 unspecified atom stereocenters. The first-order valence-electron chi connectivity index (χ1n) is 9.42. The van der Waals surface area contributed by atoms with Crippen LogP contribution in [0, 0.1) is 45.8 Å². The maximum absolute atomic E-state index is 14.0. The molecule has 26 heavy (non-hydrogen) atoms. The summed E-state index contributed by atoms with van der Waals surface area (Å²) in [6.45, 7) is 3.73. The first-order chi connectivity index (χ1) is 12.0. The lowest BCUT2D eigenvalue weighted by Gasteiger charge is -2.60. The molecule has 3 fully saturated rings. The van der Waals surface area contributed by atoms with E-state index >= 15 is 0 Å². The van der Waals surface area contributed by atoms with Gasteiger partial charge in [0.15, 0.2) is 5.78 Å². The molecule has 0 aromatic heterocycles. The number of alkyl halides is 3. The highest BCUT2D eigenvalue weighted by Crippen LogP contribution is 2.66. The summed E-state index contributed by atoms with van der Waals surface area (Å²) in [7, 11) is 0. The normalized spacial score (nSPS) is 48.2. The van der Waals surface area contributed by atoms with Gasteiger partial charge < -0.3 is 5.41 Å². The van der Waals surface area contributed by atoms with Crippen LogP contribution in [0.2, 0.25) is 0 Å². The maximum atomic E-state index is 14.0. The molecule has 4 aliphatic carbocycles. The molecule has 0 radical (unpaired) electrons. The number of hydrogen-bond acceptors (Lipinski definition) is 3. The van der Waals surface area contributed by atoms with Gasteiger partial charge in [-0.3, -0.25) is 9.59 Å². The number of carbonyl (C=O) groups is 2. The molecule has 3 nitrogen and oxygen atoms in total. The highest BCUT2D eigenvalue weighted by atomic mass is 19.4. The zero-order valence-electron chi connectivity index (χ0n) is 15.0. The minimum Gasteiger partial charge on any atom is -0.301 e. The molecule has 4 aliphatic rings. The molecule has 0 saturated heterocycles. The first-order valence-corrected chi connectivity index (χ1v) is 9.42. The van der Waals surface area contributed by atoms with Crippen molar-refractivity contribution in [3.8, 4) is 0 Å². The molecule has 7 atom stereocenters. The van der Waals surface area contributed by atoms with E-state index in [4.69, 9.17) is 5.41 Å². The van der Waals surface area contributed by atoms with E-state index in [0.29, 0.717) is 25.7 Å². The van der Waals surface area contributed by atoms with Gasteiger partial charge in [-0.25, -0.2) is 0 Å². The van der Waals surface area contributed by atoms with Gasteiger partial charge in [0.25, 0.3) is 0 Å². The predicted octanol–water partition coefficient (Wildman–Crippen LogP) is 4.36. The molecule has 0 heterocycles. The van der Waals surface area contributed by atoms with E-state index in [2.05, 4.69) is 0 Å². The second-order valence-electron chi connectivity index (χ2n) is 9.13. The van der Waals surface area contributed by atoms with Crippen molar-refractivity contribution >= 4 is 17.3 Å². The number of fused-ring (bicyclic) bond motifs is 5. The topological polar surface area (TPSA) is 58.0 Å². The minimum absolute atomic E-state index is 0.0141. The third-order valence-corrected chi connectivity index (χ3v) is 8.13. The molecule has 0 aromatic rings. The van der Waals surface area contributed by atoms with Crippen LogP contribution in [0.5, 0.6) is 0 Å². The van der Waals surface area contributed by atoms with Crippen LogP contribution in [-0.4, -0.2) is 23.5 Å². The van der Waals surface area contributed by atoms with Gasteiger partial charge in [0.05, 0.1) is 11.6 Å². The summed E-state index contributed by atoms with van der Waals surface area (Å²) in [4.78, 5) is 24.4. The van der Waals surface area contributed by atoms with E-state index in [1.165, 1.54) is 6.08 Å². The Morgan fingerprint density at radius 3 is 2.50 bits per heavy atom. The molecule has 0 aliphatic heterocycles. The number of halogens is 3. The monoisotopic (exact) mass is 367 g/mol. The van der Waals surface area contributed by atoms with Gasteiger partial charge in [-0.2, -0.15) is 13.2 Å². The standard InChI is InChI=1S/C20H24F3NO2/c1-18-7-5-12-10(11(18)3-4-15(18)26)9-13(20(21,22)23)16-17(24)14(25)6-8-19(12,16)2/h6,8,10-13,16,24H,3-5,7,9H2,1-2H3/t10-,11-,12-,13+,16?,18-,19+/m0/s1.